The van der Waals surface area contributed by atoms with E-state index in [0.717, 1.165) is 5.56 Å². The van der Waals surface area contributed by atoms with Crippen LogP contribution in [0.25, 0.3) is 0 Å². The molecule has 0 aromatic carbocycles. The molecule has 0 bridgehead atoms. The molecule has 2 heterocycles. The van der Waals surface area contributed by atoms with E-state index in [0.29, 0.717) is 0 Å². The molecule has 2 N–H and O–H groups in total. The molecule has 0 amide bonds. The van der Waals surface area contributed by atoms with Gasteiger partial charge in [-0.05, 0) is 6.07 Å². The highest BCUT2D eigenvalue weighted by atomic mass is 32.2. The van der Waals surface area contributed by atoms with Gasteiger partial charge >= 0.3 is 0 Å². The highest BCUT2D eigenvalue weighted by Crippen LogP contribution is 2.06. The van der Waals surface area contributed by atoms with Gasteiger partial charge in [-0.1, -0.05) is 0 Å². The molecule has 0 aliphatic carbocycles. The maximum absolute atomic E-state index is 11.8. The fourth-order valence-corrected chi connectivity index (χ4v) is 2.39. The SMILES string of the molecule is Cn1nccc1S(=O)(=O)NCc1cn[nH]c1. The van der Waals surface area contributed by atoms with E-state index in [1.807, 2.05) is 0 Å². The van der Waals surface area contributed by atoms with Crippen LogP contribution in [-0.4, -0.2) is 28.4 Å². The summed E-state index contributed by atoms with van der Waals surface area (Å²) >= 11 is 0. The second-order valence-electron chi connectivity index (χ2n) is 3.22. The average Bonchev–Trinajstić information content (AvgIpc) is 2.85. The Balaban J connectivity index is 2.13. The fraction of sp³-hybridized carbons (Fsp3) is 0.250. The Labute approximate surface area is 92.5 Å². The van der Waals surface area contributed by atoms with Crippen molar-refractivity contribution in [1.82, 2.24) is 24.7 Å². The van der Waals surface area contributed by atoms with Crippen molar-refractivity contribution in [2.24, 2.45) is 7.05 Å². The van der Waals surface area contributed by atoms with Crippen molar-refractivity contribution in [1.29, 1.82) is 0 Å². The average molecular weight is 241 g/mol. The highest BCUT2D eigenvalue weighted by molar-refractivity contribution is 7.89. The Morgan fingerprint density at radius 1 is 1.56 bits per heavy atom. The summed E-state index contributed by atoms with van der Waals surface area (Å²) in [6.45, 7) is 0.198. The maximum Gasteiger partial charge on any atom is 0.258 e. The summed E-state index contributed by atoms with van der Waals surface area (Å²) in [7, 11) is -1.94. The van der Waals surface area contributed by atoms with Gasteiger partial charge in [-0.25, -0.2) is 13.1 Å². The quantitative estimate of drug-likeness (QED) is 0.763. The zero-order chi connectivity index (χ0) is 11.6. The van der Waals surface area contributed by atoms with Crippen molar-refractivity contribution < 1.29 is 8.42 Å². The summed E-state index contributed by atoms with van der Waals surface area (Å²) in [5.41, 5.74) is 0.769. The molecule has 2 rings (SSSR count). The zero-order valence-electron chi connectivity index (χ0n) is 8.58. The third-order valence-corrected chi connectivity index (χ3v) is 3.55. The second-order valence-corrected chi connectivity index (χ2v) is 4.94. The summed E-state index contributed by atoms with van der Waals surface area (Å²) in [6.07, 6.45) is 4.63. The first kappa shape index (κ1) is 10.8. The topological polar surface area (TPSA) is 92.7 Å². The molecule has 0 atom stereocenters. The van der Waals surface area contributed by atoms with Crippen LogP contribution in [0.2, 0.25) is 0 Å². The van der Waals surface area contributed by atoms with Crippen LogP contribution in [0.4, 0.5) is 0 Å². The van der Waals surface area contributed by atoms with Crippen LogP contribution in [0.5, 0.6) is 0 Å². The minimum Gasteiger partial charge on any atom is -0.285 e. The van der Waals surface area contributed by atoms with Crippen molar-refractivity contribution in [2.75, 3.05) is 0 Å². The first-order valence-corrected chi connectivity index (χ1v) is 6.03. The predicted octanol–water partition coefficient (Wildman–Crippen LogP) is -0.378. The first-order valence-electron chi connectivity index (χ1n) is 4.55. The third kappa shape index (κ3) is 2.12. The third-order valence-electron chi connectivity index (χ3n) is 2.07. The number of H-pyrrole nitrogens is 1. The molecule has 0 aliphatic heterocycles. The molecule has 0 radical (unpaired) electrons. The van der Waals surface area contributed by atoms with Gasteiger partial charge in [0.1, 0.15) is 0 Å². The lowest BCUT2D eigenvalue weighted by Gasteiger charge is -2.05. The number of nitrogens with one attached hydrogen (secondary N) is 2. The lowest BCUT2D eigenvalue weighted by molar-refractivity contribution is 0.563. The van der Waals surface area contributed by atoms with E-state index >= 15 is 0 Å². The number of nitrogens with zero attached hydrogens (tertiary/aromatic N) is 3. The summed E-state index contributed by atoms with van der Waals surface area (Å²) in [4.78, 5) is 0. The lowest BCUT2D eigenvalue weighted by Crippen LogP contribution is -2.25. The van der Waals surface area contributed by atoms with Gasteiger partial charge in [0.05, 0.1) is 12.4 Å². The van der Waals surface area contributed by atoms with Gasteiger partial charge in [0.2, 0.25) is 0 Å². The zero-order valence-corrected chi connectivity index (χ0v) is 9.40. The molecule has 0 aliphatic rings. The summed E-state index contributed by atoms with van der Waals surface area (Å²) < 4.78 is 27.4. The molecule has 8 heteroatoms. The van der Waals surface area contributed by atoms with Crippen LogP contribution >= 0.6 is 0 Å². The molecule has 0 spiro atoms. The van der Waals surface area contributed by atoms with Crippen LogP contribution in [0.1, 0.15) is 5.56 Å². The molecule has 0 saturated heterocycles. The van der Waals surface area contributed by atoms with Crippen molar-refractivity contribution in [3.8, 4) is 0 Å². The van der Waals surface area contributed by atoms with E-state index in [-0.39, 0.29) is 11.6 Å². The molecule has 2 aromatic rings. The molecular weight excluding hydrogens is 230 g/mol. The summed E-state index contributed by atoms with van der Waals surface area (Å²) in [6, 6.07) is 1.44. The molecule has 0 unspecified atom stereocenters. The van der Waals surface area contributed by atoms with Crippen molar-refractivity contribution in [3.63, 3.8) is 0 Å². The van der Waals surface area contributed by atoms with Crippen molar-refractivity contribution in [2.45, 2.75) is 11.6 Å². The van der Waals surface area contributed by atoms with E-state index in [4.69, 9.17) is 0 Å². The van der Waals surface area contributed by atoms with E-state index < -0.39 is 10.0 Å². The molecule has 0 fully saturated rings. The molecule has 2 aromatic heterocycles. The number of rotatable bonds is 4. The van der Waals surface area contributed by atoms with Gasteiger partial charge in [-0.15, -0.1) is 0 Å². The molecular formula is C8H11N5O2S. The first-order chi connectivity index (χ1) is 7.59. The van der Waals surface area contributed by atoms with Crippen LogP contribution < -0.4 is 4.72 Å². The minimum atomic E-state index is -3.51. The van der Waals surface area contributed by atoms with Gasteiger partial charge in [0.25, 0.3) is 10.0 Å². The smallest absolute Gasteiger partial charge is 0.258 e. The number of hydrogen-bond donors (Lipinski definition) is 2. The van der Waals surface area contributed by atoms with Crippen LogP contribution in [0.3, 0.4) is 0 Å². The standard InChI is InChI=1S/C8H11N5O2S/c1-13-8(2-3-11-13)16(14,15)12-6-7-4-9-10-5-7/h2-5,12H,6H2,1H3,(H,9,10). The van der Waals surface area contributed by atoms with Crippen LogP contribution in [-0.2, 0) is 23.6 Å². The fourth-order valence-electron chi connectivity index (χ4n) is 1.25. The van der Waals surface area contributed by atoms with Gasteiger partial charge in [0, 0.05) is 25.4 Å². The van der Waals surface area contributed by atoms with Crippen LogP contribution in [0, 0.1) is 0 Å². The maximum atomic E-state index is 11.8. The number of aromatic nitrogens is 4. The van der Waals surface area contributed by atoms with Gasteiger partial charge in [-0.3, -0.25) is 9.78 Å². The molecule has 7 nitrogen and oxygen atoms in total. The molecule has 0 saturated carbocycles. The Kier molecular flexibility index (Phi) is 2.75. The largest absolute Gasteiger partial charge is 0.285 e. The Hall–Kier alpha value is -1.67. The van der Waals surface area contributed by atoms with E-state index in [1.54, 1.807) is 19.4 Å². The van der Waals surface area contributed by atoms with Crippen molar-refractivity contribution >= 4 is 10.0 Å². The van der Waals surface area contributed by atoms with Gasteiger partial charge in [0.15, 0.2) is 5.03 Å². The second kappa shape index (κ2) is 4.06. The predicted molar refractivity (Wildman–Crippen MR) is 55.8 cm³/mol. The number of aromatic amines is 1. The van der Waals surface area contributed by atoms with Gasteiger partial charge in [-0.2, -0.15) is 10.2 Å². The van der Waals surface area contributed by atoms with Crippen LogP contribution in [0.15, 0.2) is 29.7 Å². The number of hydrogen-bond acceptors (Lipinski definition) is 4. The lowest BCUT2D eigenvalue weighted by atomic mass is 10.4. The Morgan fingerprint density at radius 2 is 2.38 bits per heavy atom. The van der Waals surface area contributed by atoms with Crippen molar-refractivity contribution in [3.05, 3.63) is 30.2 Å². The monoisotopic (exact) mass is 241 g/mol. The van der Waals surface area contributed by atoms with E-state index in [2.05, 4.69) is 20.0 Å². The molecule has 86 valence electrons. The van der Waals surface area contributed by atoms with E-state index in [1.165, 1.54) is 16.9 Å². The minimum absolute atomic E-state index is 0.135. The molecule has 16 heavy (non-hydrogen) atoms. The van der Waals surface area contributed by atoms with E-state index in [9.17, 15) is 8.42 Å². The summed E-state index contributed by atoms with van der Waals surface area (Å²) in [5, 5.41) is 10.3. The summed E-state index contributed by atoms with van der Waals surface area (Å²) in [5.74, 6) is 0. The normalized spacial score (nSPS) is 11.8. The number of sulfonamides is 1. The Bertz CT molecular complexity index is 557. The number of aryl methyl sites for hydroxylation is 1. The van der Waals surface area contributed by atoms with Gasteiger partial charge < -0.3 is 0 Å². The highest BCUT2D eigenvalue weighted by Gasteiger charge is 2.17. The Morgan fingerprint density at radius 3 is 2.94 bits per heavy atom.